The Labute approximate surface area is 597 Å². The number of carbonyl (C=O) groups is 3. The smallest absolute Gasteiger partial charge is 0.396 e. The summed E-state index contributed by atoms with van der Waals surface area (Å²) in [5.41, 5.74) is 13.7. The maximum Gasteiger partial charge on any atom is 0.416 e. The van der Waals surface area contributed by atoms with Gasteiger partial charge in [0.1, 0.15) is 29.1 Å². The molecule has 550 valence electrons. The van der Waals surface area contributed by atoms with Crippen molar-refractivity contribution in [2.45, 2.75) is 157 Å². The molecule has 27 heteroatoms. The molecule has 103 heavy (non-hydrogen) atoms. The van der Waals surface area contributed by atoms with Gasteiger partial charge in [0.2, 0.25) is 5.91 Å². The van der Waals surface area contributed by atoms with E-state index in [1.54, 1.807) is 42.2 Å². The highest BCUT2D eigenvalue weighted by Crippen LogP contribution is 2.49. The quantitative estimate of drug-likeness (QED) is 0.0273. The minimum atomic E-state index is -4.46. The number of hydrogen-bond donors (Lipinski definition) is 3. The van der Waals surface area contributed by atoms with Crippen LogP contribution in [-0.2, 0) is 94.4 Å². The maximum absolute atomic E-state index is 16.3. The van der Waals surface area contributed by atoms with Crippen molar-refractivity contribution in [3.8, 4) is 40.1 Å². The number of ether oxygens (including phenoxy) is 2. The number of anilines is 2. The summed E-state index contributed by atoms with van der Waals surface area (Å²) in [5, 5.41) is 22.1. The van der Waals surface area contributed by atoms with Crippen LogP contribution in [0.1, 0.15) is 146 Å². The van der Waals surface area contributed by atoms with Gasteiger partial charge in [0.05, 0.1) is 74.3 Å². The van der Waals surface area contributed by atoms with Crippen LogP contribution in [0.3, 0.4) is 0 Å². The minimum Gasteiger partial charge on any atom is -0.396 e. The second-order valence-electron chi connectivity index (χ2n) is 26.5. The van der Waals surface area contributed by atoms with Crippen LogP contribution < -0.4 is 16.4 Å². The number of alkyl halides is 7. The number of aryl methyl sites for hydroxylation is 6. The molecule has 0 unspecified atom stereocenters. The van der Waals surface area contributed by atoms with Gasteiger partial charge in [-0.15, -0.1) is 16.9 Å². The number of nitrogens with one attached hydrogen (secondary N) is 2. The maximum atomic E-state index is 16.3. The number of halogens is 11. The Kier molecular flexibility index (Phi) is 25.6. The molecule has 6 aromatic carbocycles. The van der Waals surface area contributed by atoms with Crippen molar-refractivity contribution in [2.24, 2.45) is 0 Å². The molecule has 11 rings (SSSR count). The van der Waals surface area contributed by atoms with E-state index >= 15 is 13.2 Å². The summed E-state index contributed by atoms with van der Waals surface area (Å²) >= 11 is 4.91. The van der Waals surface area contributed by atoms with Crippen molar-refractivity contribution < 1.29 is 67.8 Å². The molecule has 0 aliphatic carbocycles. The van der Waals surface area contributed by atoms with Crippen LogP contribution in [0, 0.1) is 48.6 Å². The molecule has 3 amide bonds. The zero-order valence-electron chi connectivity index (χ0n) is 59.5. The first kappa shape index (κ1) is 79.6. The number of imide groups is 1. The molecule has 3 aliphatic rings. The third-order valence-corrected chi connectivity index (χ3v) is 18.7. The lowest BCUT2D eigenvalue weighted by Gasteiger charge is -2.32. The number of nitrogen functional groups attached to an aromatic ring is 1. The van der Waals surface area contributed by atoms with Gasteiger partial charge >= 0.3 is 24.4 Å². The van der Waals surface area contributed by atoms with E-state index in [2.05, 4.69) is 25.2 Å². The second kappa shape index (κ2) is 33.1. The molecule has 0 saturated carbocycles. The Morgan fingerprint density at radius 1 is 0.631 bits per heavy atom. The van der Waals surface area contributed by atoms with Gasteiger partial charge in [-0.1, -0.05) is 76.2 Å². The lowest BCUT2D eigenvalue weighted by atomic mass is 9.97. The van der Waals surface area contributed by atoms with Crippen LogP contribution in [0.2, 0.25) is 0 Å². The van der Waals surface area contributed by atoms with Gasteiger partial charge < -0.3 is 25.4 Å². The molecule has 0 bridgehead atoms. The fourth-order valence-corrected chi connectivity index (χ4v) is 12.9. The normalized spacial score (nSPS) is 14.5. The standard InChI is InChI=1S/C37H41F5N6O2.C32H33F5N4.C4H8O.C3H2ClNO2/c1-8-22-11-10-12-23(9-2)32(22)48-33(26-16-29(39)30(17-28(26)38)43-35(50)44-31(49)20-46(6)7)27-19-47(36(4,5)34(27)45-48)18-24-13-14-25(15-21(24)3)37(40,41)42;1-6-19-9-8-10-20(7-2)28(19)41-29(23-14-26(34)27(38)15-25(23)33)24-17-40(31(4,5)30(24)39-41)16-21-11-12-22(13-18(21)3)32(35,36)37;1-2-4-5-3-1;4-1-3(6)7-2-5/h10-17H,8-9,18-20H2,1-7H3,(H2,43,44,49,50);8-15H,6-7,16-17,38H2,1-5H3;1-4H2;1H2. The Morgan fingerprint density at radius 3 is 1.40 bits per heavy atom. The summed E-state index contributed by atoms with van der Waals surface area (Å²) in [5.74, 6) is -4.74. The summed E-state index contributed by atoms with van der Waals surface area (Å²) < 4.78 is 154. The van der Waals surface area contributed by atoms with Crippen LogP contribution in [-0.4, -0.2) is 91.9 Å². The molecule has 16 nitrogen and oxygen atoms in total. The number of benzene rings is 6. The van der Waals surface area contributed by atoms with Gasteiger partial charge in [0, 0.05) is 73.8 Å². The molecule has 5 heterocycles. The van der Waals surface area contributed by atoms with Crippen molar-refractivity contribution in [1.82, 2.24) is 39.6 Å². The Morgan fingerprint density at radius 2 is 1.05 bits per heavy atom. The Hall–Kier alpha value is -9.13. The summed E-state index contributed by atoms with van der Waals surface area (Å²) in [6.45, 7) is 22.4. The van der Waals surface area contributed by atoms with Gasteiger partial charge in [-0.05, 0) is 175 Å². The zero-order chi connectivity index (χ0) is 75.8. The molecule has 1 fully saturated rings. The van der Waals surface area contributed by atoms with Crippen LogP contribution >= 0.6 is 11.6 Å². The molecule has 1 saturated heterocycles. The van der Waals surface area contributed by atoms with Crippen molar-refractivity contribution in [2.75, 3.05) is 50.8 Å². The fourth-order valence-electron chi connectivity index (χ4n) is 12.9. The number of nitriles is 1. The number of para-hydroxylation sites is 2. The van der Waals surface area contributed by atoms with Crippen LogP contribution in [0.25, 0.3) is 33.9 Å². The van der Waals surface area contributed by atoms with Crippen molar-refractivity contribution in [1.29, 1.82) is 5.26 Å². The number of rotatable bonds is 16. The topological polar surface area (TPSA) is 189 Å². The number of carbonyl (C=O) groups excluding carboxylic acids is 3. The van der Waals surface area contributed by atoms with E-state index in [0.717, 1.165) is 107 Å². The van der Waals surface area contributed by atoms with Gasteiger partial charge in [0.15, 0.2) is 0 Å². The van der Waals surface area contributed by atoms with Gasteiger partial charge in [0.25, 0.3) is 6.26 Å². The third kappa shape index (κ3) is 17.9. The molecular formula is C76H84ClF10N11O5. The highest BCUT2D eigenvalue weighted by molar-refractivity contribution is 6.26. The first-order valence-corrected chi connectivity index (χ1v) is 34.1. The van der Waals surface area contributed by atoms with Crippen LogP contribution in [0.5, 0.6) is 0 Å². The molecule has 0 radical (unpaired) electrons. The third-order valence-electron chi connectivity index (χ3n) is 18.5. The number of fused-ring (bicyclic) bond motifs is 2. The summed E-state index contributed by atoms with van der Waals surface area (Å²) in [7, 11) is 3.29. The number of nitrogens with zero attached hydrogens (tertiary/aromatic N) is 8. The lowest BCUT2D eigenvalue weighted by molar-refractivity contribution is -0.138. The molecular weight excluding hydrogens is 1370 g/mol. The number of esters is 1. The van der Waals surface area contributed by atoms with Gasteiger partial charge in [-0.2, -0.15) is 36.5 Å². The van der Waals surface area contributed by atoms with Gasteiger partial charge in [-0.25, -0.2) is 36.5 Å². The average molecular weight is 1460 g/mol. The van der Waals surface area contributed by atoms with Gasteiger partial charge in [-0.3, -0.25) is 19.9 Å². The number of urea groups is 1. The van der Waals surface area contributed by atoms with Crippen LogP contribution in [0.4, 0.5) is 60.1 Å². The number of nitrogens with two attached hydrogens (primary N) is 1. The number of likely N-dealkylation sites (N-methyl/N-ethyl adjacent to an activating group) is 1. The Bertz CT molecular complexity index is 4430. The van der Waals surface area contributed by atoms with Crippen molar-refractivity contribution in [3.05, 3.63) is 198 Å². The van der Waals surface area contributed by atoms with E-state index in [-0.39, 0.29) is 35.8 Å². The monoisotopic (exact) mass is 1460 g/mol. The molecule has 0 spiro atoms. The Balaban J connectivity index is 0.000000227. The van der Waals surface area contributed by atoms with Crippen molar-refractivity contribution in [3.63, 3.8) is 0 Å². The van der Waals surface area contributed by atoms with E-state index in [0.29, 0.717) is 90.3 Å². The van der Waals surface area contributed by atoms with E-state index in [4.69, 9.17) is 37.5 Å². The molecule has 2 aromatic heterocycles. The zero-order valence-corrected chi connectivity index (χ0v) is 60.2. The van der Waals surface area contributed by atoms with E-state index in [1.165, 1.54) is 31.2 Å². The predicted molar refractivity (Wildman–Crippen MR) is 375 cm³/mol. The second-order valence-corrected chi connectivity index (χ2v) is 26.7. The van der Waals surface area contributed by atoms with E-state index in [9.17, 15) is 45.1 Å². The molecule has 3 aliphatic heterocycles. The number of hydrogen-bond acceptors (Lipinski definition) is 12. The molecule has 8 aromatic rings. The SMILES string of the molecule is C1CCOC1.CCc1cccc(CC)c1-n1nc2c(c1-c1cc(F)c(N)cc1F)CN(Cc1ccc(C(F)(F)F)cc1C)C2(C)C.CCc1cccc(CC)c1-n1nc2c(c1-c1cc(F)c(NC(=O)NC(=O)CN(C)C)cc1F)CN(Cc1ccc(C(F)(F)F)cc1C)C2(C)C.N#COC(=O)CCl. The summed E-state index contributed by atoms with van der Waals surface area (Å²) in [6.07, 6.45) is -2.41. The largest absolute Gasteiger partial charge is 0.416 e. The lowest BCUT2D eigenvalue weighted by Crippen LogP contribution is -2.39. The highest BCUT2D eigenvalue weighted by Gasteiger charge is 2.46. The van der Waals surface area contributed by atoms with E-state index in [1.807, 2.05) is 91.8 Å². The highest BCUT2D eigenvalue weighted by atomic mass is 35.5. The molecule has 0 atom stereocenters. The minimum absolute atomic E-state index is 0.0572. The summed E-state index contributed by atoms with van der Waals surface area (Å²) in [6, 6.07) is 22.3. The average Bonchev–Trinajstić information content (AvgIpc) is 1.57. The van der Waals surface area contributed by atoms with Crippen LogP contribution in [0.15, 0.2) is 97.1 Å². The van der Waals surface area contributed by atoms with E-state index < -0.39 is 81.4 Å². The first-order chi connectivity index (χ1) is 48.5. The van der Waals surface area contributed by atoms with Crippen molar-refractivity contribution >= 4 is 40.9 Å². The fraction of sp³-hybridized carbons (Fsp3) is 0.395. The first-order valence-electron chi connectivity index (χ1n) is 33.6. The number of aromatic nitrogens is 4. The number of amides is 3. The summed E-state index contributed by atoms with van der Waals surface area (Å²) in [4.78, 5) is 40.0. The molecule has 4 N–H and O–H groups in total. The predicted octanol–water partition coefficient (Wildman–Crippen LogP) is 16.9.